The summed E-state index contributed by atoms with van der Waals surface area (Å²) in [6, 6.07) is 12.2. The van der Waals surface area contributed by atoms with Crippen LogP contribution in [0, 0.1) is 0 Å². The second-order valence-corrected chi connectivity index (χ2v) is 10.4. The van der Waals surface area contributed by atoms with Crippen LogP contribution in [0.3, 0.4) is 0 Å². The third kappa shape index (κ3) is 9.47. The molecule has 3 rings (SSSR count). The molecule has 2 aromatic rings. The number of likely N-dealkylation sites (tertiary alicyclic amines) is 1. The maximum atomic E-state index is 13.5. The van der Waals surface area contributed by atoms with Gasteiger partial charge in [0.05, 0.1) is 25.8 Å². The molecule has 0 bridgehead atoms. The van der Waals surface area contributed by atoms with Gasteiger partial charge in [0.1, 0.15) is 23.6 Å². The Kier molecular flexibility index (Phi) is 12.3. The van der Waals surface area contributed by atoms with Crippen LogP contribution in [0.4, 0.5) is 4.79 Å². The predicted molar refractivity (Wildman–Crippen MR) is 154 cm³/mol. The van der Waals surface area contributed by atoms with Crippen molar-refractivity contribution in [3.05, 3.63) is 59.2 Å². The number of ether oxygens (including phenoxy) is 3. The minimum atomic E-state index is -0.978. The second kappa shape index (κ2) is 15.1. The fourth-order valence-electron chi connectivity index (χ4n) is 4.46. The molecular formula is C31H44N2O7. The Morgan fingerprint density at radius 1 is 1.10 bits per heavy atom. The highest BCUT2D eigenvalue weighted by Gasteiger charge is 2.30. The Labute approximate surface area is 238 Å². The van der Waals surface area contributed by atoms with E-state index in [9.17, 15) is 19.5 Å². The molecule has 40 heavy (non-hydrogen) atoms. The van der Waals surface area contributed by atoms with Crippen LogP contribution in [0.5, 0.6) is 11.5 Å². The summed E-state index contributed by atoms with van der Waals surface area (Å²) in [6.45, 7) is 12.6. The smallest absolute Gasteiger partial charge is 0.411 e. The lowest BCUT2D eigenvalue weighted by atomic mass is 9.89. The third-order valence-corrected chi connectivity index (χ3v) is 6.29. The maximum absolute atomic E-state index is 13.5. The van der Waals surface area contributed by atoms with Crippen LogP contribution in [0.2, 0.25) is 0 Å². The van der Waals surface area contributed by atoms with E-state index in [1.165, 1.54) is 4.90 Å². The fraction of sp³-hybridized carbons (Fsp3) is 0.516. The molecule has 0 aliphatic carbocycles. The SMILES string of the molecule is CC.CCOc1cc(OC)ccc1CN(CC(=O)N1CCCC(c2cccc(C(=O)O)c2)C1)C(=O)OC(C)(C)C. The molecule has 2 aromatic carbocycles. The highest BCUT2D eigenvalue weighted by molar-refractivity contribution is 5.87. The number of rotatable bonds is 9. The van der Waals surface area contributed by atoms with Crippen molar-refractivity contribution in [1.29, 1.82) is 0 Å². The molecule has 9 nitrogen and oxygen atoms in total. The zero-order chi connectivity index (χ0) is 29.9. The Balaban J connectivity index is 0.00000274. The quantitative estimate of drug-likeness (QED) is 0.406. The fourth-order valence-corrected chi connectivity index (χ4v) is 4.46. The van der Waals surface area contributed by atoms with Gasteiger partial charge >= 0.3 is 12.1 Å². The minimum Gasteiger partial charge on any atom is -0.497 e. The number of benzene rings is 2. The van der Waals surface area contributed by atoms with Gasteiger partial charge in [0, 0.05) is 30.6 Å². The van der Waals surface area contributed by atoms with Gasteiger partial charge in [-0.1, -0.05) is 26.0 Å². The molecule has 1 N–H and O–H groups in total. The summed E-state index contributed by atoms with van der Waals surface area (Å²) in [7, 11) is 1.57. The van der Waals surface area contributed by atoms with Gasteiger partial charge in [-0.2, -0.15) is 0 Å². The van der Waals surface area contributed by atoms with Crippen molar-refractivity contribution in [2.75, 3.05) is 33.4 Å². The summed E-state index contributed by atoms with van der Waals surface area (Å²) >= 11 is 0. The molecule has 1 unspecified atom stereocenters. The highest BCUT2D eigenvalue weighted by Crippen LogP contribution is 2.29. The zero-order valence-electron chi connectivity index (χ0n) is 24.9. The number of nitrogens with zero attached hydrogens (tertiary/aromatic N) is 2. The summed E-state index contributed by atoms with van der Waals surface area (Å²) < 4.78 is 16.7. The van der Waals surface area contributed by atoms with Gasteiger partial charge in [0.2, 0.25) is 5.91 Å². The topological polar surface area (TPSA) is 106 Å². The van der Waals surface area contributed by atoms with Crippen LogP contribution in [0.1, 0.15) is 81.8 Å². The summed E-state index contributed by atoms with van der Waals surface area (Å²) in [5.74, 6) is 0.0516. The van der Waals surface area contributed by atoms with Crippen molar-refractivity contribution in [1.82, 2.24) is 9.80 Å². The highest BCUT2D eigenvalue weighted by atomic mass is 16.6. The third-order valence-electron chi connectivity index (χ3n) is 6.29. The normalized spacial score (nSPS) is 14.9. The molecule has 220 valence electrons. The summed E-state index contributed by atoms with van der Waals surface area (Å²) in [4.78, 5) is 41.2. The van der Waals surface area contributed by atoms with Crippen molar-refractivity contribution in [2.45, 2.75) is 72.4 Å². The lowest BCUT2D eigenvalue weighted by Crippen LogP contribution is -2.47. The molecule has 1 saturated heterocycles. The molecule has 1 fully saturated rings. The Morgan fingerprint density at radius 2 is 1.82 bits per heavy atom. The van der Waals surface area contributed by atoms with Crippen LogP contribution in [-0.4, -0.2) is 71.8 Å². The molecule has 0 radical (unpaired) electrons. The largest absolute Gasteiger partial charge is 0.497 e. The number of hydrogen-bond acceptors (Lipinski definition) is 6. The number of carbonyl (C=O) groups is 3. The van der Waals surface area contributed by atoms with E-state index in [1.807, 2.05) is 32.9 Å². The number of carbonyl (C=O) groups excluding carboxylic acids is 2. The Hall–Kier alpha value is -3.75. The van der Waals surface area contributed by atoms with Crippen LogP contribution in [0.25, 0.3) is 0 Å². The molecule has 1 aliphatic rings. The molecular weight excluding hydrogens is 512 g/mol. The lowest BCUT2D eigenvalue weighted by Gasteiger charge is -2.35. The average molecular weight is 557 g/mol. The molecule has 0 aromatic heterocycles. The maximum Gasteiger partial charge on any atom is 0.411 e. The zero-order valence-corrected chi connectivity index (χ0v) is 24.9. The first-order valence-corrected chi connectivity index (χ1v) is 13.9. The van der Waals surface area contributed by atoms with Crippen molar-refractivity contribution in [3.63, 3.8) is 0 Å². The standard InChI is InChI=1S/C29H38N2O7.C2H6/c1-6-37-25-16-24(36-5)13-12-23(25)18-31(28(35)38-29(2,3)4)19-26(32)30-14-8-11-22(17-30)20-9-7-10-21(15-20)27(33)34;1-2/h7,9-10,12-13,15-16,22H,6,8,11,14,17-19H2,1-5H3,(H,33,34);1-2H3. The van der Waals surface area contributed by atoms with Crippen LogP contribution in [-0.2, 0) is 16.1 Å². The van der Waals surface area contributed by atoms with Gasteiger partial charge in [-0.15, -0.1) is 0 Å². The Morgan fingerprint density at radius 3 is 2.45 bits per heavy atom. The van der Waals surface area contributed by atoms with E-state index in [0.29, 0.717) is 31.2 Å². The van der Waals surface area contributed by atoms with Crippen LogP contribution >= 0.6 is 0 Å². The molecule has 1 heterocycles. The first kappa shape index (κ1) is 32.5. The monoisotopic (exact) mass is 556 g/mol. The lowest BCUT2D eigenvalue weighted by molar-refractivity contribution is -0.133. The Bertz CT molecular complexity index is 1140. The number of piperidine rings is 1. The van der Waals surface area contributed by atoms with E-state index in [1.54, 1.807) is 63.1 Å². The molecule has 1 aliphatic heterocycles. The van der Waals surface area contributed by atoms with Gasteiger partial charge in [-0.3, -0.25) is 9.69 Å². The van der Waals surface area contributed by atoms with E-state index in [0.717, 1.165) is 24.0 Å². The molecule has 1 atom stereocenters. The van der Waals surface area contributed by atoms with Crippen molar-refractivity contribution in [3.8, 4) is 11.5 Å². The number of aromatic carboxylic acids is 1. The van der Waals surface area contributed by atoms with Gasteiger partial charge < -0.3 is 24.2 Å². The number of hydrogen-bond donors (Lipinski definition) is 1. The van der Waals surface area contributed by atoms with Gasteiger partial charge in [-0.05, 0) is 70.4 Å². The van der Waals surface area contributed by atoms with Gasteiger partial charge in [0.25, 0.3) is 0 Å². The summed E-state index contributed by atoms with van der Waals surface area (Å²) in [5.41, 5.74) is 1.12. The second-order valence-electron chi connectivity index (χ2n) is 10.4. The van der Waals surface area contributed by atoms with E-state index < -0.39 is 17.7 Å². The number of methoxy groups -OCH3 is 1. The molecule has 0 spiro atoms. The van der Waals surface area contributed by atoms with Crippen LogP contribution < -0.4 is 9.47 Å². The minimum absolute atomic E-state index is 0.0214. The van der Waals surface area contributed by atoms with E-state index >= 15 is 0 Å². The van der Waals surface area contributed by atoms with Gasteiger partial charge in [0.15, 0.2) is 0 Å². The van der Waals surface area contributed by atoms with E-state index in [-0.39, 0.29) is 30.5 Å². The molecule has 9 heteroatoms. The van der Waals surface area contributed by atoms with E-state index in [2.05, 4.69) is 0 Å². The average Bonchev–Trinajstić information content (AvgIpc) is 2.93. The predicted octanol–water partition coefficient (Wildman–Crippen LogP) is 5.96. The van der Waals surface area contributed by atoms with E-state index in [4.69, 9.17) is 14.2 Å². The van der Waals surface area contributed by atoms with Gasteiger partial charge in [-0.25, -0.2) is 9.59 Å². The van der Waals surface area contributed by atoms with Crippen molar-refractivity contribution in [2.24, 2.45) is 0 Å². The number of carboxylic acid groups (broad SMARTS) is 1. The van der Waals surface area contributed by atoms with Crippen molar-refractivity contribution >= 4 is 18.0 Å². The number of amides is 2. The first-order chi connectivity index (χ1) is 19.0. The molecule has 2 amide bonds. The molecule has 0 saturated carbocycles. The summed E-state index contributed by atoms with van der Waals surface area (Å²) in [6.07, 6.45) is 1.05. The first-order valence-electron chi connectivity index (χ1n) is 13.9. The number of carboxylic acids is 1. The van der Waals surface area contributed by atoms with Crippen LogP contribution in [0.15, 0.2) is 42.5 Å². The van der Waals surface area contributed by atoms with Crippen molar-refractivity contribution < 1.29 is 33.7 Å². The summed E-state index contributed by atoms with van der Waals surface area (Å²) in [5, 5.41) is 9.35.